The second kappa shape index (κ2) is 13.5. The molecule has 0 fully saturated rings. The number of aromatic nitrogens is 3. The van der Waals surface area contributed by atoms with Gasteiger partial charge in [0, 0.05) is 52.6 Å². The van der Waals surface area contributed by atoms with Crippen molar-refractivity contribution in [1.29, 1.82) is 0 Å². The molecule has 3 aromatic carbocycles. The van der Waals surface area contributed by atoms with Crippen molar-refractivity contribution in [2.24, 2.45) is 0 Å². The summed E-state index contributed by atoms with van der Waals surface area (Å²) in [4.78, 5) is 51.6. The van der Waals surface area contributed by atoms with Gasteiger partial charge >= 0.3 is 0 Å². The highest BCUT2D eigenvalue weighted by molar-refractivity contribution is 9.10. The second-order valence-corrected chi connectivity index (χ2v) is 12.7. The van der Waals surface area contributed by atoms with Gasteiger partial charge in [-0.25, -0.2) is 9.55 Å². The van der Waals surface area contributed by atoms with E-state index >= 15 is 0 Å². The van der Waals surface area contributed by atoms with Gasteiger partial charge in [-0.2, -0.15) is 0 Å². The highest BCUT2D eigenvalue weighted by Crippen LogP contribution is 2.29. The number of nitrogens with zero attached hydrogens (tertiary/aromatic N) is 4. The van der Waals surface area contributed by atoms with Crippen molar-refractivity contribution < 1.29 is 9.59 Å². The van der Waals surface area contributed by atoms with E-state index in [1.54, 1.807) is 36.3 Å². The van der Waals surface area contributed by atoms with E-state index in [1.807, 2.05) is 68.4 Å². The maximum absolute atomic E-state index is 14.4. The second-order valence-electron chi connectivity index (χ2n) is 11.4. The first-order valence-electron chi connectivity index (χ1n) is 15.1. The van der Waals surface area contributed by atoms with Gasteiger partial charge in [0.2, 0.25) is 5.95 Å². The molecular weight excluding hydrogens is 680 g/mol. The summed E-state index contributed by atoms with van der Waals surface area (Å²) in [5, 5.41) is 6.20. The highest BCUT2D eigenvalue weighted by atomic mass is 79.9. The molecule has 2 amide bonds. The smallest absolute Gasteiger partial charge is 0.263 e. The molecule has 1 aliphatic rings. The molecule has 9 nitrogen and oxygen atoms in total. The molecule has 5 aromatic rings. The van der Waals surface area contributed by atoms with Gasteiger partial charge in [0.25, 0.3) is 17.4 Å². The maximum atomic E-state index is 14.4. The first-order valence-corrected chi connectivity index (χ1v) is 16.3. The van der Waals surface area contributed by atoms with Crippen molar-refractivity contribution in [2.75, 3.05) is 12.4 Å². The zero-order valence-corrected chi connectivity index (χ0v) is 28.4. The molecular formula is C36H32BrClN6O3. The highest BCUT2D eigenvalue weighted by Gasteiger charge is 2.32. The van der Waals surface area contributed by atoms with E-state index in [0.717, 1.165) is 26.9 Å². The number of carbonyl (C=O) groups is 2. The van der Waals surface area contributed by atoms with Gasteiger partial charge in [-0.15, -0.1) is 0 Å². The molecule has 1 atom stereocenters. The van der Waals surface area contributed by atoms with E-state index < -0.39 is 0 Å². The normalized spacial score (nSPS) is 14.0. The standard InChI is InChI=1S/C36H32BrClN6O3/c1-21-16-24(11-13-28(21)37)34(46)43-20-31-27(17-22(43)2)35(47)44(32-14-12-23(18-29(32)38)33(45)39-3)36(42-31)41-19-25-8-4-5-9-26(25)30-10-6-7-15-40-30/h4-16,18,22H,17,19-20H2,1-3H3,(H,39,45)(H,41,42)/t22-/m0/s1. The number of rotatable bonds is 7. The Morgan fingerprint density at radius 3 is 2.51 bits per heavy atom. The summed E-state index contributed by atoms with van der Waals surface area (Å²) >= 11 is 10.2. The number of halogens is 2. The fourth-order valence-corrected chi connectivity index (χ4v) is 6.32. The van der Waals surface area contributed by atoms with Crippen LogP contribution in [0.1, 0.15) is 50.0 Å². The molecule has 0 bridgehead atoms. The van der Waals surface area contributed by atoms with Gasteiger partial charge in [0.15, 0.2) is 0 Å². The lowest BCUT2D eigenvalue weighted by molar-refractivity contribution is 0.0653. The first kappa shape index (κ1) is 32.2. The zero-order chi connectivity index (χ0) is 33.2. The van der Waals surface area contributed by atoms with Gasteiger partial charge in [-0.1, -0.05) is 57.9 Å². The fourth-order valence-electron chi connectivity index (χ4n) is 5.81. The number of anilines is 1. The number of amides is 2. The van der Waals surface area contributed by atoms with E-state index in [-0.39, 0.29) is 40.9 Å². The molecule has 6 rings (SSSR count). The Balaban J connectivity index is 1.43. The van der Waals surface area contributed by atoms with Gasteiger partial charge in [-0.05, 0) is 79.9 Å². The largest absolute Gasteiger partial charge is 0.355 e. The molecule has 238 valence electrons. The molecule has 2 aromatic heterocycles. The Bertz CT molecular complexity index is 2070. The van der Waals surface area contributed by atoms with Gasteiger partial charge in [0.1, 0.15) is 0 Å². The van der Waals surface area contributed by atoms with E-state index in [1.165, 1.54) is 10.6 Å². The molecule has 0 saturated heterocycles. The van der Waals surface area contributed by atoms with Crippen LogP contribution in [0.4, 0.5) is 5.95 Å². The predicted octanol–water partition coefficient (Wildman–Crippen LogP) is 6.58. The predicted molar refractivity (Wildman–Crippen MR) is 187 cm³/mol. The number of nitrogens with one attached hydrogen (secondary N) is 2. The average Bonchev–Trinajstić information content (AvgIpc) is 3.09. The summed E-state index contributed by atoms with van der Waals surface area (Å²) in [6, 6.07) is 23.7. The van der Waals surface area contributed by atoms with E-state index in [0.29, 0.717) is 41.0 Å². The van der Waals surface area contributed by atoms with Gasteiger partial charge in [-0.3, -0.25) is 19.4 Å². The molecule has 3 heterocycles. The van der Waals surface area contributed by atoms with Crippen molar-refractivity contribution >= 4 is 45.3 Å². The molecule has 0 spiro atoms. The summed E-state index contributed by atoms with van der Waals surface area (Å²) < 4.78 is 2.39. The lowest BCUT2D eigenvalue weighted by Gasteiger charge is -2.34. The number of benzene rings is 3. The topological polar surface area (TPSA) is 109 Å². The minimum Gasteiger partial charge on any atom is -0.355 e. The number of hydrogen-bond acceptors (Lipinski definition) is 6. The average molecular weight is 712 g/mol. The zero-order valence-electron chi connectivity index (χ0n) is 26.1. The minimum absolute atomic E-state index is 0.128. The molecule has 1 aliphatic heterocycles. The van der Waals surface area contributed by atoms with Crippen LogP contribution >= 0.6 is 27.5 Å². The lowest BCUT2D eigenvalue weighted by Crippen LogP contribution is -2.46. The lowest BCUT2D eigenvalue weighted by atomic mass is 9.98. The fraction of sp³-hybridized carbons (Fsp3) is 0.194. The van der Waals surface area contributed by atoms with Gasteiger partial charge in [0.05, 0.1) is 28.6 Å². The van der Waals surface area contributed by atoms with Crippen LogP contribution in [0.25, 0.3) is 16.9 Å². The third kappa shape index (κ3) is 6.43. The summed E-state index contributed by atoms with van der Waals surface area (Å²) in [5.41, 5.74) is 5.73. The number of carbonyl (C=O) groups excluding carboxylic acids is 2. The summed E-state index contributed by atoms with van der Waals surface area (Å²) in [7, 11) is 1.54. The maximum Gasteiger partial charge on any atom is 0.263 e. The molecule has 0 radical (unpaired) electrons. The number of hydrogen-bond donors (Lipinski definition) is 2. The van der Waals surface area contributed by atoms with Crippen LogP contribution in [0.3, 0.4) is 0 Å². The molecule has 47 heavy (non-hydrogen) atoms. The van der Waals surface area contributed by atoms with Crippen molar-refractivity contribution in [3.05, 3.63) is 138 Å². The Kier molecular flexibility index (Phi) is 9.24. The quantitative estimate of drug-likeness (QED) is 0.198. The Labute approximate surface area is 285 Å². The van der Waals surface area contributed by atoms with Crippen LogP contribution in [-0.4, -0.2) is 44.3 Å². The Morgan fingerprint density at radius 2 is 1.79 bits per heavy atom. The van der Waals surface area contributed by atoms with E-state index in [2.05, 4.69) is 31.5 Å². The third-order valence-electron chi connectivity index (χ3n) is 8.35. The number of pyridine rings is 1. The van der Waals surface area contributed by atoms with E-state index in [9.17, 15) is 14.4 Å². The van der Waals surface area contributed by atoms with Crippen LogP contribution in [0.5, 0.6) is 0 Å². The van der Waals surface area contributed by atoms with Crippen molar-refractivity contribution in [1.82, 2.24) is 24.8 Å². The van der Waals surface area contributed by atoms with Crippen molar-refractivity contribution in [3.8, 4) is 16.9 Å². The first-order chi connectivity index (χ1) is 22.7. The summed E-state index contributed by atoms with van der Waals surface area (Å²) in [6.45, 7) is 4.37. The molecule has 0 unspecified atom stereocenters. The van der Waals surface area contributed by atoms with Crippen LogP contribution in [0.2, 0.25) is 5.02 Å². The number of aryl methyl sites for hydroxylation is 1. The van der Waals surface area contributed by atoms with Gasteiger partial charge < -0.3 is 15.5 Å². The summed E-state index contributed by atoms with van der Waals surface area (Å²) in [5.74, 6) is -0.157. The molecule has 2 N–H and O–H groups in total. The van der Waals surface area contributed by atoms with Crippen LogP contribution in [0.15, 0.2) is 94.3 Å². The van der Waals surface area contributed by atoms with Crippen LogP contribution < -0.4 is 16.2 Å². The number of fused-ring (bicyclic) bond motifs is 1. The van der Waals surface area contributed by atoms with Crippen molar-refractivity contribution in [3.63, 3.8) is 0 Å². The SMILES string of the molecule is CNC(=O)c1ccc(-n2c(NCc3ccccc3-c3ccccn3)nc3c(c2=O)C[C@H](C)N(C(=O)c2ccc(Br)c(C)c2)C3)c(Cl)c1. The van der Waals surface area contributed by atoms with Crippen molar-refractivity contribution in [2.45, 2.75) is 39.4 Å². The molecule has 0 saturated carbocycles. The monoisotopic (exact) mass is 710 g/mol. The summed E-state index contributed by atoms with van der Waals surface area (Å²) in [6.07, 6.45) is 2.06. The van der Waals surface area contributed by atoms with Crippen LogP contribution in [0, 0.1) is 6.92 Å². The minimum atomic E-state index is -0.293. The molecule has 0 aliphatic carbocycles. The molecule has 11 heteroatoms. The van der Waals surface area contributed by atoms with Crippen LogP contribution in [-0.2, 0) is 19.5 Å². The third-order valence-corrected chi connectivity index (χ3v) is 9.55. The van der Waals surface area contributed by atoms with E-state index in [4.69, 9.17) is 16.6 Å². The Hall–Kier alpha value is -4.80. The Morgan fingerprint density at radius 1 is 1.02 bits per heavy atom.